The number of nitrogens with zero attached hydrogens (tertiary/aromatic N) is 1. The molecule has 0 amide bonds. The zero-order valence-electron chi connectivity index (χ0n) is 10.4. The number of methoxy groups -OCH3 is 1. The fraction of sp³-hybridized carbons (Fsp3) is 0.133. The van der Waals surface area contributed by atoms with Crippen LogP contribution in [0.2, 0.25) is 0 Å². The molecule has 2 rings (SSSR count). The van der Waals surface area contributed by atoms with E-state index in [-0.39, 0.29) is 0 Å². The molecule has 0 aliphatic rings. The Morgan fingerprint density at radius 3 is 2.61 bits per heavy atom. The van der Waals surface area contributed by atoms with Gasteiger partial charge in [-0.05, 0) is 36.8 Å². The minimum absolute atomic E-state index is 0.565. The van der Waals surface area contributed by atoms with Crippen molar-refractivity contribution >= 4 is 5.69 Å². The molecule has 0 unspecified atom stereocenters. The third-order valence-corrected chi connectivity index (χ3v) is 2.92. The predicted octanol–water partition coefficient (Wildman–Crippen LogP) is 3.12. The van der Waals surface area contributed by atoms with Crippen molar-refractivity contribution in [3.8, 4) is 22.9 Å². The van der Waals surface area contributed by atoms with Crippen LogP contribution in [-0.4, -0.2) is 7.11 Å². The number of aryl methyl sites for hydroxylation is 1. The Morgan fingerprint density at radius 1 is 1.22 bits per heavy atom. The molecule has 2 aromatic carbocycles. The molecule has 90 valence electrons. The average molecular weight is 238 g/mol. The number of benzene rings is 2. The molecule has 0 spiro atoms. The van der Waals surface area contributed by atoms with Gasteiger partial charge in [0, 0.05) is 16.8 Å². The molecule has 2 N–H and O–H groups in total. The summed E-state index contributed by atoms with van der Waals surface area (Å²) in [5.74, 6) is 0.669. The molecule has 3 nitrogen and oxygen atoms in total. The van der Waals surface area contributed by atoms with Gasteiger partial charge < -0.3 is 10.5 Å². The van der Waals surface area contributed by atoms with Crippen molar-refractivity contribution in [1.29, 1.82) is 5.26 Å². The lowest BCUT2D eigenvalue weighted by Crippen LogP contribution is -1.95. The van der Waals surface area contributed by atoms with E-state index in [2.05, 4.69) is 6.07 Å². The van der Waals surface area contributed by atoms with Gasteiger partial charge in [0.15, 0.2) is 0 Å². The van der Waals surface area contributed by atoms with Gasteiger partial charge in [-0.3, -0.25) is 0 Å². The predicted molar refractivity (Wildman–Crippen MR) is 72.3 cm³/mol. The molecule has 2 aromatic rings. The number of ether oxygens (including phenoxy) is 1. The van der Waals surface area contributed by atoms with Crippen molar-refractivity contribution in [2.24, 2.45) is 0 Å². The highest BCUT2D eigenvalue weighted by Crippen LogP contribution is 2.33. The third kappa shape index (κ3) is 2.01. The summed E-state index contributed by atoms with van der Waals surface area (Å²) in [5.41, 5.74) is 10.1. The Kier molecular flexibility index (Phi) is 3.20. The fourth-order valence-electron chi connectivity index (χ4n) is 2.02. The summed E-state index contributed by atoms with van der Waals surface area (Å²) in [7, 11) is 1.58. The second-order valence-electron chi connectivity index (χ2n) is 4.06. The van der Waals surface area contributed by atoms with E-state index < -0.39 is 0 Å². The van der Waals surface area contributed by atoms with Crippen LogP contribution >= 0.6 is 0 Å². The number of rotatable bonds is 2. The second kappa shape index (κ2) is 4.80. The normalized spacial score (nSPS) is 9.83. The minimum atomic E-state index is 0.565. The van der Waals surface area contributed by atoms with Crippen molar-refractivity contribution in [2.75, 3.05) is 12.8 Å². The number of nitriles is 1. The quantitative estimate of drug-likeness (QED) is 0.818. The molecule has 0 saturated carbocycles. The van der Waals surface area contributed by atoms with Gasteiger partial charge in [-0.15, -0.1) is 0 Å². The summed E-state index contributed by atoms with van der Waals surface area (Å²) < 4.78 is 5.13. The maximum Gasteiger partial charge on any atom is 0.120 e. The van der Waals surface area contributed by atoms with E-state index in [1.54, 1.807) is 13.2 Å². The van der Waals surface area contributed by atoms with Crippen LogP contribution < -0.4 is 10.5 Å². The van der Waals surface area contributed by atoms with Crippen LogP contribution in [0.1, 0.15) is 11.1 Å². The zero-order chi connectivity index (χ0) is 13.1. The molecule has 0 atom stereocenters. The van der Waals surface area contributed by atoms with Gasteiger partial charge in [-0.1, -0.05) is 12.1 Å². The first-order valence-electron chi connectivity index (χ1n) is 5.61. The molecular formula is C15H14N2O. The van der Waals surface area contributed by atoms with Gasteiger partial charge in [0.05, 0.1) is 18.7 Å². The Bertz CT molecular complexity index is 607. The first-order chi connectivity index (χ1) is 8.67. The third-order valence-electron chi connectivity index (χ3n) is 2.92. The smallest absolute Gasteiger partial charge is 0.120 e. The van der Waals surface area contributed by atoms with Crippen LogP contribution in [0, 0.1) is 18.3 Å². The molecule has 0 aromatic heterocycles. The summed E-state index contributed by atoms with van der Waals surface area (Å²) in [6, 6.07) is 13.3. The zero-order valence-corrected chi connectivity index (χ0v) is 10.4. The van der Waals surface area contributed by atoms with E-state index in [4.69, 9.17) is 10.5 Å². The average Bonchev–Trinajstić information content (AvgIpc) is 2.38. The van der Waals surface area contributed by atoms with Crippen LogP contribution in [0.4, 0.5) is 5.69 Å². The van der Waals surface area contributed by atoms with Gasteiger partial charge in [0.1, 0.15) is 5.75 Å². The lowest BCUT2D eigenvalue weighted by Gasteiger charge is -2.12. The van der Waals surface area contributed by atoms with E-state index >= 15 is 0 Å². The monoisotopic (exact) mass is 238 g/mol. The van der Waals surface area contributed by atoms with E-state index in [9.17, 15) is 5.26 Å². The molecular weight excluding hydrogens is 224 g/mol. The lowest BCUT2D eigenvalue weighted by atomic mass is 9.95. The molecule has 0 aliphatic heterocycles. The Labute approximate surface area is 106 Å². The highest BCUT2D eigenvalue weighted by atomic mass is 16.5. The molecule has 0 radical (unpaired) electrons. The number of anilines is 1. The van der Waals surface area contributed by atoms with Gasteiger partial charge in [-0.2, -0.15) is 5.26 Å². The standard InChI is InChI=1S/C15H14N2O/c1-10-4-3-5-14(17)15(10)13-7-6-12(18-2)8-11(13)9-16/h3-8H,17H2,1-2H3. The number of hydrogen-bond donors (Lipinski definition) is 1. The van der Waals surface area contributed by atoms with Gasteiger partial charge >= 0.3 is 0 Å². The van der Waals surface area contributed by atoms with Crippen LogP contribution in [-0.2, 0) is 0 Å². The highest BCUT2D eigenvalue weighted by Gasteiger charge is 2.11. The lowest BCUT2D eigenvalue weighted by molar-refractivity contribution is 0.414. The maximum absolute atomic E-state index is 9.24. The molecule has 0 heterocycles. The number of nitrogen functional groups attached to an aromatic ring is 1. The van der Waals surface area contributed by atoms with Gasteiger partial charge in [-0.25, -0.2) is 0 Å². The summed E-state index contributed by atoms with van der Waals surface area (Å²) in [6.07, 6.45) is 0. The van der Waals surface area contributed by atoms with Gasteiger partial charge in [0.25, 0.3) is 0 Å². The maximum atomic E-state index is 9.24. The second-order valence-corrected chi connectivity index (χ2v) is 4.06. The molecule has 18 heavy (non-hydrogen) atoms. The van der Waals surface area contributed by atoms with Crippen molar-refractivity contribution in [3.05, 3.63) is 47.5 Å². The summed E-state index contributed by atoms with van der Waals surface area (Å²) in [5, 5.41) is 9.24. The number of nitrogens with two attached hydrogens (primary N) is 1. The first kappa shape index (κ1) is 12.0. The Morgan fingerprint density at radius 2 is 2.00 bits per heavy atom. The van der Waals surface area contributed by atoms with Crippen LogP contribution in [0.5, 0.6) is 5.75 Å². The SMILES string of the molecule is COc1ccc(-c2c(C)cccc2N)c(C#N)c1. The van der Waals surface area contributed by atoms with E-state index in [1.807, 2.05) is 37.3 Å². The van der Waals surface area contributed by atoms with Crippen molar-refractivity contribution in [1.82, 2.24) is 0 Å². The molecule has 0 aliphatic carbocycles. The number of hydrogen-bond acceptors (Lipinski definition) is 3. The molecule has 0 saturated heterocycles. The summed E-state index contributed by atoms with van der Waals surface area (Å²) in [4.78, 5) is 0. The van der Waals surface area contributed by atoms with Crippen LogP contribution in [0.3, 0.4) is 0 Å². The molecule has 0 bridgehead atoms. The first-order valence-corrected chi connectivity index (χ1v) is 5.61. The summed E-state index contributed by atoms with van der Waals surface area (Å²) in [6.45, 7) is 1.98. The van der Waals surface area contributed by atoms with Gasteiger partial charge in [0.2, 0.25) is 0 Å². The topological polar surface area (TPSA) is 59.0 Å². The molecule has 3 heteroatoms. The van der Waals surface area contributed by atoms with E-state index in [1.165, 1.54) is 0 Å². The van der Waals surface area contributed by atoms with Crippen LogP contribution in [0.25, 0.3) is 11.1 Å². The largest absolute Gasteiger partial charge is 0.497 e. The van der Waals surface area contributed by atoms with E-state index in [0.29, 0.717) is 17.0 Å². The van der Waals surface area contributed by atoms with Crippen molar-refractivity contribution in [2.45, 2.75) is 6.92 Å². The van der Waals surface area contributed by atoms with Crippen LogP contribution in [0.15, 0.2) is 36.4 Å². The minimum Gasteiger partial charge on any atom is -0.497 e. The van der Waals surface area contributed by atoms with Crippen molar-refractivity contribution in [3.63, 3.8) is 0 Å². The van der Waals surface area contributed by atoms with Crippen molar-refractivity contribution < 1.29 is 4.74 Å². The summed E-state index contributed by atoms with van der Waals surface area (Å²) >= 11 is 0. The molecule has 0 fully saturated rings. The Balaban J connectivity index is 2.69. The highest BCUT2D eigenvalue weighted by molar-refractivity contribution is 5.83. The Hall–Kier alpha value is -2.47. The fourth-order valence-corrected chi connectivity index (χ4v) is 2.02. The van der Waals surface area contributed by atoms with E-state index in [0.717, 1.165) is 16.7 Å².